The van der Waals surface area contributed by atoms with Crippen LogP contribution in [0, 0.1) is 5.92 Å². The van der Waals surface area contributed by atoms with Crippen molar-refractivity contribution in [2.75, 3.05) is 19.6 Å². The molecule has 2 atom stereocenters. The van der Waals surface area contributed by atoms with Gasteiger partial charge in [-0.3, -0.25) is 14.5 Å². The molecule has 1 aliphatic heterocycles. The van der Waals surface area contributed by atoms with Crippen molar-refractivity contribution in [1.82, 2.24) is 15.1 Å². The highest BCUT2D eigenvalue weighted by atomic mass is 32.1. The minimum absolute atomic E-state index is 0.00411. The number of fused-ring (bicyclic) bond motifs is 1. The van der Waals surface area contributed by atoms with Crippen LogP contribution in [0.1, 0.15) is 84.5 Å². The van der Waals surface area contributed by atoms with Crippen LogP contribution >= 0.6 is 11.3 Å². The van der Waals surface area contributed by atoms with Crippen LogP contribution < -0.4 is 5.32 Å². The third-order valence-corrected chi connectivity index (χ3v) is 8.76. The quantitative estimate of drug-likeness (QED) is 0.297. The Bertz CT molecular complexity index is 1180. The molecule has 1 aliphatic carbocycles. The Kier molecular flexibility index (Phi) is 8.65. The van der Waals surface area contributed by atoms with Crippen molar-refractivity contribution in [3.05, 3.63) is 81.9 Å². The molecular weight excluding hydrogens is 494 g/mol. The van der Waals surface area contributed by atoms with Crippen molar-refractivity contribution in [2.45, 2.75) is 70.5 Å². The first-order valence-corrected chi connectivity index (χ1v) is 14.9. The number of carbonyl (C=O) groups is 2. The lowest BCUT2D eigenvalue weighted by atomic mass is 9.81. The first kappa shape index (κ1) is 26.7. The molecule has 6 nitrogen and oxygen atoms in total. The van der Waals surface area contributed by atoms with E-state index in [2.05, 4.69) is 30.1 Å². The molecular formula is C31H39N3O3S. The summed E-state index contributed by atoms with van der Waals surface area (Å²) >= 11 is 1.62. The third kappa shape index (κ3) is 5.89. The van der Waals surface area contributed by atoms with Gasteiger partial charge in [0.2, 0.25) is 5.91 Å². The van der Waals surface area contributed by atoms with Crippen LogP contribution in [0.5, 0.6) is 0 Å². The van der Waals surface area contributed by atoms with Gasteiger partial charge in [-0.2, -0.15) is 0 Å². The van der Waals surface area contributed by atoms with E-state index in [1.165, 1.54) is 25.7 Å². The lowest BCUT2D eigenvalue weighted by Gasteiger charge is -2.42. The van der Waals surface area contributed by atoms with Gasteiger partial charge in [0.05, 0.1) is 24.8 Å². The number of hydrogen-bond acceptors (Lipinski definition) is 5. The van der Waals surface area contributed by atoms with E-state index in [0.29, 0.717) is 30.6 Å². The van der Waals surface area contributed by atoms with Gasteiger partial charge in [-0.05, 0) is 60.4 Å². The smallest absolute Gasteiger partial charge is 0.254 e. The van der Waals surface area contributed by atoms with E-state index in [-0.39, 0.29) is 17.9 Å². The molecule has 1 saturated carbocycles. The van der Waals surface area contributed by atoms with Crippen LogP contribution in [0.4, 0.5) is 0 Å². The summed E-state index contributed by atoms with van der Waals surface area (Å²) in [5, 5.41) is 5.28. The Morgan fingerprint density at radius 2 is 1.95 bits per heavy atom. The molecule has 7 heteroatoms. The molecule has 0 unspecified atom stereocenters. The molecule has 1 aromatic carbocycles. The summed E-state index contributed by atoms with van der Waals surface area (Å²) in [6, 6.07) is 16.0. The Hall–Kier alpha value is -2.90. The maximum atomic E-state index is 13.9. The maximum Gasteiger partial charge on any atom is 0.254 e. The van der Waals surface area contributed by atoms with Gasteiger partial charge in [-0.1, -0.05) is 51.0 Å². The highest BCUT2D eigenvalue weighted by Crippen LogP contribution is 2.44. The third-order valence-electron chi connectivity index (χ3n) is 7.82. The van der Waals surface area contributed by atoms with E-state index < -0.39 is 5.92 Å². The Morgan fingerprint density at radius 1 is 1.13 bits per heavy atom. The normalized spacial score (nSPS) is 19.9. The van der Waals surface area contributed by atoms with E-state index in [4.69, 9.17) is 4.42 Å². The average molecular weight is 534 g/mol. The van der Waals surface area contributed by atoms with Gasteiger partial charge in [-0.15, -0.1) is 11.3 Å². The first-order chi connectivity index (χ1) is 18.5. The second-order valence-corrected chi connectivity index (χ2v) is 12.0. The molecule has 2 aromatic heterocycles. The zero-order chi connectivity index (χ0) is 26.5. The molecule has 1 fully saturated rings. The van der Waals surface area contributed by atoms with E-state index >= 15 is 0 Å². The number of nitrogens with one attached hydrogen (secondary N) is 1. The largest absolute Gasteiger partial charge is 0.468 e. The summed E-state index contributed by atoms with van der Waals surface area (Å²) < 4.78 is 5.63. The van der Waals surface area contributed by atoms with Crippen LogP contribution in [0.25, 0.3) is 0 Å². The molecule has 2 amide bonds. The molecule has 0 bridgehead atoms. The molecule has 202 valence electrons. The van der Waals surface area contributed by atoms with Gasteiger partial charge in [-0.25, -0.2) is 0 Å². The molecule has 0 radical (unpaired) electrons. The summed E-state index contributed by atoms with van der Waals surface area (Å²) in [5.74, 6) is 0.868. The van der Waals surface area contributed by atoms with Crippen molar-refractivity contribution in [3.63, 3.8) is 0 Å². The zero-order valence-corrected chi connectivity index (χ0v) is 23.3. The highest BCUT2D eigenvalue weighted by Gasteiger charge is 2.44. The molecule has 0 spiro atoms. The predicted octanol–water partition coefficient (Wildman–Crippen LogP) is 6.23. The lowest BCUT2D eigenvalue weighted by molar-refractivity contribution is -0.124. The number of amides is 2. The second kappa shape index (κ2) is 12.3. The summed E-state index contributed by atoms with van der Waals surface area (Å²) in [5.41, 5.74) is 1.48. The summed E-state index contributed by atoms with van der Waals surface area (Å²) in [6.07, 6.45) is 7.64. The minimum atomic E-state index is -0.435. The van der Waals surface area contributed by atoms with Crippen LogP contribution in [0.3, 0.4) is 0 Å². The Balaban J connectivity index is 1.31. The van der Waals surface area contributed by atoms with Gasteiger partial charge >= 0.3 is 0 Å². The van der Waals surface area contributed by atoms with Crippen molar-refractivity contribution in [1.29, 1.82) is 0 Å². The van der Waals surface area contributed by atoms with E-state index in [1.54, 1.807) is 17.6 Å². The lowest BCUT2D eigenvalue weighted by Crippen LogP contribution is -2.48. The molecule has 5 rings (SSSR count). The molecule has 3 heterocycles. The monoisotopic (exact) mass is 533 g/mol. The fourth-order valence-corrected chi connectivity index (χ4v) is 6.99. The van der Waals surface area contributed by atoms with E-state index in [0.717, 1.165) is 35.7 Å². The first-order valence-electron chi connectivity index (χ1n) is 14.0. The number of nitrogens with zero attached hydrogens (tertiary/aromatic N) is 2. The van der Waals surface area contributed by atoms with Gasteiger partial charge in [0.25, 0.3) is 5.91 Å². The number of benzene rings is 1. The summed E-state index contributed by atoms with van der Waals surface area (Å²) in [7, 11) is 0. The van der Waals surface area contributed by atoms with E-state index in [1.807, 2.05) is 52.7 Å². The van der Waals surface area contributed by atoms with Crippen LogP contribution in [0.2, 0.25) is 0 Å². The van der Waals surface area contributed by atoms with Crippen molar-refractivity contribution >= 4 is 23.2 Å². The number of rotatable bonds is 11. The van der Waals surface area contributed by atoms with Crippen LogP contribution in [0.15, 0.2) is 64.6 Å². The highest BCUT2D eigenvalue weighted by molar-refractivity contribution is 7.10. The predicted molar refractivity (Wildman–Crippen MR) is 151 cm³/mol. The molecule has 38 heavy (non-hydrogen) atoms. The average Bonchev–Trinajstić information content (AvgIpc) is 3.71. The van der Waals surface area contributed by atoms with Gasteiger partial charge < -0.3 is 14.6 Å². The fraction of sp³-hybridized carbons (Fsp3) is 0.484. The second-order valence-electron chi connectivity index (χ2n) is 11.0. The Labute approximate surface area is 230 Å². The van der Waals surface area contributed by atoms with Crippen molar-refractivity contribution < 1.29 is 14.0 Å². The van der Waals surface area contributed by atoms with Gasteiger partial charge in [0.15, 0.2) is 0 Å². The van der Waals surface area contributed by atoms with Crippen molar-refractivity contribution in [2.24, 2.45) is 5.92 Å². The van der Waals surface area contributed by atoms with E-state index in [9.17, 15) is 9.59 Å². The molecule has 2 aliphatic rings. The molecule has 0 saturated heterocycles. The zero-order valence-electron chi connectivity index (χ0n) is 22.5. The standard InChI is InChI=1S/C31H39N3O3S/c1-22(2)20-34-29(27-15-8-19-38-27)28(25-13-5-6-14-26(25)31(34)36)30(35)32-16-9-17-33(23-10-3-4-11-23)21-24-12-7-18-37-24/h5-8,12-15,18-19,22-23,28-29H,3-4,9-11,16-17,20-21H2,1-2H3,(H,32,35)/t28-,29+/m0/s1. The topological polar surface area (TPSA) is 65.8 Å². The minimum Gasteiger partial charge on any atom is -0.468 e. The van der Waals surface area contributed by atoms with Gasteiger partial charge in [0, 0.05) is 36.1 Å². The van der Waals surface area contributed by atoms with Gasteiger partial charge in [0.1, 0.15) is 5.76 Å². The summed E-state index contributed by atoms with van der Waals surface area (Å²) in [4.78, 5) is 33.0. The molecule has 1 N–H and O–H groups in total. The fourth-order valence-electron chi connectivity index (χ4n) is 6.11. The van der Waals surface area contributed by atoms with Crippen molar-refractivity contribution in [3.8, 4) is 0 Å². The Morgan fingerprint density at radius 3 is 2.66 bits per heavy atom. The summed E-state index contributed by atoms with van der Waals surface area (Å²) in [6.45, 7) is 7.19. The van der Waals surface area contributed by atoms with Crippen LogP contribution in [-0.2, 0) is 11.3 Å². The number of thiophene rings is 1. The number of carbonyl (C=O) groups excluding carboxylic acids is 2. The molecule has 3 aromatic rings. The SMILES string of the molecule is CC(C)CN1C(=O)c2ccccc2[C@H](C(=O)NCCCN(Cc2ccco2)C2CCCC2)[C@H]1c1cccs1. The number of furan rings is 1. The maximum absolute atomic E-state index is 13.9. The number of hydrogen-bond donors (Lipinski definition) is 1. The van der Waals surface area contributed by atoms with Crippen LogP contribution in [-0.4, -0.2) is 47.3 Å².